The van der Waals surface area contributed by atoms with Gasteiger partial charge < -0.3 is 10.1 Å². The molecule has 1 N–H and O–H groups in total. The molecular formula is C11H9ClFN3O3S. The second-order valence-electron chi connectivity index (χ2n) is 3.69. The predicted octanol–water partition coefficient (Wildman–Crippen LogP) is 3.46. The summed E-state index contributed by atoms with van der Waals surface area (Å²) < 4.78 is 18.7. The van der Waals surface area contributed by atoms with E-state index < -0.39 is 10.7 Å². The number of thiazole rings is 1. The Morgan fingerprint density at radius 3 is 2.90 bits per heavy atom. The number of hydrogen-bond acceptors (Lipinski definition) is 6. The summed E-state index contributed by atoms with van der Waals surface area (Å²) in [6.45, 7) is 0.261. The fourth-order valence-electron chi connectivity index (χ4n) is 1.54. The standard InChI is InChI=1S/C11H9ClFN3O3S/c1-19-10-3-9(16(17)18)8(2-7(10)13)14-4-6-5-15-11(12)20-6/h2-3,5,14H,4H2,1H3. The van der Waals surface area contributed by atoms with Gasteiger partial charge in [0.2, 0.25) is 0 Å². The first-order chi connectivity index (χ1) is 9.51. The zero-order chi connectivity index (χ0) is 14.7. The van der Waals surface area contributed by atoms with Gasteiger partial charge >= 0.3 is 0 Å². The molecule has 1 aromatic carbocycles. The first-order valence-corrected chi connectivity index (χ1v) is 6.56. The van der Waals surface area contributed by atoms with Gasteiger partial charge in [-0.1, -0.05) is 11.6 Å². The monoisotopic (exact) mass is 317 g/mol. The van der Waals surface area contributed by atoms with Gasteiger partial charge in [-0.15, -0.1) is 11.3 Å². The first-order valence-electron chi connectivity index (χ1n) is 5.37. The van der Waals surface area contributed by atoms with Crippen LogP contribution in [0, 0.1) is 15.9 Å². The number of methoxy groups -OCH3 is 1. The lowest BCUT2D eigenvalue weighted by Gasteiger charge is -2.08. The molecule has 2 aromatic rings. The number of anilines is 1. The maximum absolute atomic E-state index is 13.6. The van der Waals surface area contributed by atoms with Crippen molar-refractivity contribution in [2.24, 2.45) is 0 Å². The molecule has 0 aliphatic carbocycles. The molecule has 0 fully saturated rings. The van der Waals surface area contributed by atoms with E-state index in [1.165, 1.54) is 18.4 Å². The molecule has 0 bridgehead atoms. The molecule has 0 aliphatic rings. The summed E-state index contributed by atoms with van der Waals surface area (Å²) in [4.78, 5) is 15.0. The lowest BCUT2D eigenvalue weighted by atomic mass is 10.2. The second kappa shape index (κ2) is 6.02. The third-order valence-corrected chi connectivity index (χ3v) is 3.56. The number of aromatic nitrogens is 1. The fraction of sp³-hybridized carbons (Fsp3) is 0.182. The molecule has 0 unspecified atom stereocenters. The highest BCUT2D eigenvalue weighted by Gasteiger charge is 2.19. The van der Waals surface area contributed by atoms with Crippen molar-refractivity contribution in [2.45, 2.75) is 6.54 Å². The molecule has 0 radical (unpaired) electrons. The van der Waals surface area contributed by atoms with E-state index in [9.17, 15) is 14.5 Å². The fourth-order valence-corrected chi connectivity index (χ4v) is 2.46. The van der Waals surface area contributed by atoms with Gasteiger partial charge in [0.15, 0.2) is 16.0 Å². The molecule has 0 saturated carbocycles. The van der Waals surface area contributed by atoms with E-state index in [2.05, 4.69) is 10.3 Å². The summed E-state index contributed by atoms with van der Waals surface area (Å²) in [6, 6.07) is 2.07. The topological polar surface area (TPSA) is 77.3 Å². The summed E-state index contributed by atoms with van der Waals surface area (Å²) in [7, 11) is 1.24. The van der Waals surface area contributed by atoms with Crippen molar-refractivity contribution < 1.29 is 14.1 Å². The van der Waals surface area contributed by atoms with Gasteiger partial charge in [0, 0.05) is 17.1 Å². The Morgan fingerprint density at radius 2 is 2.35 bits per heavy atom. The van der Waals surface area contributed by atoms with Crippen molar-refractivity contribution in [3.05, 3.63) is 43.6 Å². The highest BCUT2D eigenvalue weighted by atomic mass is 35.5. The van der Waals surface area contributed by atoms with Crippen molar-refractivity contribution in [3.8, 4) is 5.75 Å². The number of halogens is 2. The summed E-state index contributed by atoms with van der Waals surface area (Å²) in [5, 5.41) is 13.8. The zero-order valence-electron chi connectivity index (χ0n) is 10.2. The van der Waals surface area contributed by atoms with E-state index in [-0.39, 0.29) is 23.7 Å². The van der Waals surface area contributed by atoms with Gasteiger partial charge in [-0.2, -0.15) is 0 Å². The predicted molar refractivity (Wildman–Crippen MR) is 74.1 cm³/mol. The van der Waals surface area contributed by atoms with Crippen molar-refractivity contribution >= 4 is 34.3 Å². The van der Waals surface area contributed by atoms with E-state index in [0.717, 1.165) is 17.0 Å². The van der Waals surface area contributed by atoms with Gasteiger partial charge in [-0.3, -0.25) is 10.1 Å². The van der Waals surface area contributed by atoms with Crippen LogP contribution in [-0.4, -0.2) is 17.0 Å². The van der Waals surface area contributed by atoms with Crippen LogP contribution in [0.5, 0.6) is 5.75 Å². The number of ether oxygens (including phenoxy) is 1. The number of nitro benzene ring substituents is 1. The average molecular weight is 318 g/mol. The quantitative estimate of drug-likeness (QED) is 0.675. The lowest BCUT2D eigenvalue weighted by Crippen LogP contribution is -2.03. The number of nitro groups is 1. The minimum atomic E-state index is -0.678. The smallest absolute Gasteiger partial charge is 0.296 e. The van der Waals surface area contributed by atoms with Gasteiger partial charge in [0.1, 0.15) is 5.69 Å². The number of nitrogens with one attached hydrogen (secondary N) is 1. The highest BCUT2D eigenvalue weighted by Crippen LogP contribution is 2.32. The molecule has 2 rings (SSSR count). The summed E-state index contributed by atoms with van der Waals surface area (Å²) in [5.41, 5.74) is -0.198. The third-order valence-electron chi connectivity index (χ3n) is 2.45. The van der Waals surface area contributed by atoms with E-state index in [1.807, 2.05) is 0 Å². The Hall–Kier alpha value is -1.93. The molecule has 0 spiro atoms. The molecule has 6 nitrogen and oxygen atoms in total. The van der Waals surface area contributed by atoms with Gasteiger partial charge in [0.05, 0.1) is 24.6 Å². The van der Waals surface area contributed by atoms with Crippen LogP contribution in [0.3, 0.4) is 0 Å². The van der Waals surface area contributed by atoms with E-state index >= 15 is 0 Å². The summed E-state index contributed by atoms with van der Waals surface area (Å²) >= 11 is 6.92. The second-order valence-corrected chi connectivity index (χ2v) is 5.39. The van der Waals surface area contributed by atoms with Crippen LogP contribution in [0.25, 0.3) is 0 Å². The molecule has 0 amide bonds. The summed E-state index contributed by atoms with van der Waals surface area (Å²) in [5.74, 6) is -0.856. The lowest BCUT2D eigenvalue weighted by molar-refractivity contribution is -0.384. The molecule has 1 heterocycles. The average Bonchev–Trinajstić information content (AvgIpc) is 2.82. The van der Waals surface area contributed by atoms with Crippen LogP contribution in [0.2, 0.25) is 4.47 Å². The zero-order valence-corrected chi connectivity index (χ0v) is 11.8. The molecule has 9 heteroatoms. The maximum Gasteiger partial charge on any atom is 0.296 e. The number of rotatable bonds is 5. The van der Waals surface area contributed by atoms with E-state index in [0.29, 0.717) is 4.47 Å². The molecule has 0 saturated heterocycles. The maximum atomic E-state index is 13.6. The number of nitrogens with zero attached hydrogens (tertiary/aromatic N) is 2. The normalized spacial score (nSPS) is 10.3. The molecule has 0 aliphatic heterocycles. The van der Waals surface area contributed by atoms with Crippen molar-refractivity contribution in [2.75, 3.05) is 12.4 Å². The van der Waals surface area contributed by atoms with Crippen LogP contribution in [0.1, 0.15) is 4.88 Å². The molecule has 0 atom stereocenters. The van der Waals surface area contributed by atoms with Crippen LogP contribution in [0.15, 0.2) is 18.3 Å². The van der Waals surface area contributed by atoms with Crippen molar-refractivity contribution in [3.63, 3.8) is 0 Å². The molecule has 106 valence electrons. The third kappa shape index (κ3) is 3.14. The van der Waals surface area contributed by atoms with E-state index in [1.54, 1.807) is 6.20 Å². The van der Waals surface area contributed by atoms with Crippen LogP contribution in [-0.2, 0) is 6.54 Å². The summed E-state index contributed by atoms with van der Waals surface area (Å²) in [6.07, 6.45) is 1.55. The van der Waals surface area contributed by atoms with Gasteiger partial charge in [-0.05, 0) is 0 Å². The highest BCUT2D eigenvalue weighted by molar-refractivity contribution is 7.15. The number of benzene rings is 1. The van der Waals surface area contributed by atoms with Crippen LogP contribution < -0.4 is 10.1 Å². The van der Waals surface area contributed by atoms with E-state index in [4.69, 9.17) is 16.3 Å². The molecule has 20 heavy (non-hydrogen) atoms. The Kier molecular flexibility index (Phi) is 4.35. The molecule has 1 aromatic heterocycles. The Labute approximate surface area is 122 Å². The minimum Gasteiger partial charge on any atom is -0.493 e. The first kappa shape index (κ1) is 14.5. The van der Waals surface area contributed by atoms with Crippen molar-refractivity contribution in [1.82, 2.24) is 4.98 Å². The van der Waals surface area contributed by atoms with Crippen LogP contribution >= 0.6 is 22.9 Å². The van der Waals surface area contributed by atoms with Gasteiger partial charge in [-0.25, -0.2) is 9.37 Å². The Morgan fingerprint density at radius 1 is 1.60 bits per heavy atom. The molecular weight excluding hydrogens is 309 g/mol. The largest absolute Gasteiger partial charge is 0.493 e. The van der Waals surface area contributed by atoms with Crippen molar-refractivity contribution in [1.29, 1.82) is 0 Å². The number of hydrogen-bond donors (Lipinski definition) is 1. The van der Waals surface area contributed by atoms with Crippen LogP contribution in [0.4, 0.5) is 15.8 Å². The SMILES string of the molecule is COc1cc([N+](=O)[O-])c(NCc2cnc(Cl)s2)cc1F. The Balaban J connectivity index is 2.25. The van der Waals surface area contributed by atoms with Gasteiger partial charge in [0.25, 0.3) is 5.69 Å². The Bertz CT molecular complexity index is 650. The minimum absolute atomic E-state index is 0.0674.